The molecular formula is C14H7Br2NO2. The molecular weight excluding hydrogens is 374 g/mol. The summed E-state index contributed by atoms with van der Waals surface area (Å²) < 4.78 is 1.51. The number of nitrogens with zero attached hydrogens (tertiary/aromatic N) is 1. The molecule has 0 heterocycles. The van der Waals surface area contributed by atoms with E-state index in [-0.39, 0.29) is 10.6 Å². The van der Waals surface area contributed by atoms with Gasteiger partial charge >= 0.3 is 0 Å². The average Bonchev–Trinajstić information content (AvgIpc) is 2.41. The summed E-state index contributed by atoms with van der Waals surface area (Å²) in [6.07, 6.45) is 0. The van der Waals surface area contributed by atoms with Crippen LogP contribution in [-0.2, 0) is 0 Å². The summed E-state index contributed by atoms with van der Waals surface area (Å²) in [5.41, 5.74) is 0.113. The van der Waals surface area contributed by atoms with Gasteiger partial charge in [0.1, 0.15) is 0 Å². The molecule has 0 amide bonds. The highest BCUT2D eigenvalue weighted by Crippen LogP contribution is 2.40. The minimum absolute atomic E-state index is 0.113. The molecule has 0 unspecified atom stereocenters. The summed E-state index contributed by atoms with van der Waals surface area (Å²) in [4.78, 5) is 11.0. The third kappa shape index (κ3) is 1.93. The van der Waals surface area contributed by atoms with Gasteiger partial charge in [-0.25, -0.2) is 0 Å². The van der Waals surface area contributed by atoms with Crippen LogP contribution in [0.15, 0.2) is 51.4 Å². The van der Waals surface area contributed by atoms with Crippen LogP contribution >= 0.6 is 31.9 Å². The first kappa shape index (κ1) is 12.6. The highest BCUT2D eigenvalue weighted by atomic mass is 79.9. The van der Waals surface area contributed by atoms with Gasteiger partial charge in [-0.3, -0.25) is 10.1 Å². The standard InChI is InChI=1S/C14H7Br2NO2/c15-11-6-5-10-9-4-2-1-3-8(9)7-12(17(18)19)13(10)14(11)16/h1-7H. The maximum Gasteiger partial charge on any atom is 0.279 e. The Morgan fingerprint density at radius 2 is 1.74 bits per heavy atom. The normalized spacial score (nSPS) is 11.1. The Balaban J connectivity index is 2.64. The molecule has 0 aliphatic heterocycles. The molecule has 0 aliphatic rings. The highest BCUT2D eigenvalue weighted by Gasteiger charge is 2.18. The minimum Gasteiger partial charge on any atom is -0.258 e. The van der Waals surface area contributed by atoms with Crippen LogP contribution in [0.1, 0.15) is 0 Å². The quantitative estimate of drug-likeness (QED) is 0.321. The monoisotopic (exact) mass is 379 g/mol. The van der Waals surface area contributed by atoms with Crippen LogP contribution in [-0.4, -0.2) is 4.92 Å². The summed E-state index contributed by atoms with van der Waals surface area (Å²) >= 11 is 6.83. The Kier molecular flexibility index (Phi) is 3.03. The van der Waals surface area contributed by atoms with E-state index in [1.165, 1.54) is 0 Å². The Labute approximate surface area is 125 Å². The number of hydrogen-bond donors (Lipinski definition) is 0. The van der Waals surface area contributed by atoms with Gasteiger partial charge in [-0.05, 0) is 54.1 Å². The average molecular weight is 381 g/mol. The predicted octanol–water partition coefficient (Wildman–Crippen LogP) is 5.43. The van der Waals surface area contributed by atoms with Crippen molar-refractivity contribution in [3.05, 3.63) is 61.5 Å². The maximum absolute atomic E-state index is 11.3. The Morgan fingerprint density at radius 3 is 2.47 bits per heavy atom. The van der Waals surface area contributed by atoms with Crippen LogP contribution in [0, 0.1) is 10.1 Å². The molecule has 5 heteroatoms. The number of non-ortho nitro benzene ring substituents is 1. The summed E-state index contributed by atoms with van der Waals surface area (Å²) in [5.74, 6) is 0. The number of fused-ring (bicyclic) bond motifs is 3. The SMILES string of the molecule is O=[N+]([O-])c1cc2ccccc2c2ccc(Br)c(Br)c12. The van der Waals surface area contributed by atoms with E-state index in [1.54, 1.807) is 6.07 Å². The number of benzene rings is 3. The molecule has 0 radical (unpaired) electrons. The summed E-state index contributed by atoms with van der Waals surface area (Å²) in [6.45, 7) is 0. The van der Waals surface area contributed by atoms with E-state index in [0.29, 0.717) is 9.86 Å². The minimum atomic E-state index is -0.341. The van der Waals surface area contributed by atoms with Gasteiger partial charge in [-0.2, -0.15) is 0 Å². The number of rotatable bonds is 1. The Hall–Kier alpha value is -1.46. The summed E-state index contributed by atoms with van der Waals surface area (Å²) in [7, 11) is 0. The lowest BCUT2D eigenvalue weighted by Crippen LogP contribution is -1.92. The topological polar surface area (TPSA) is 43.1 Å². The first-order valence-corrected chi connectivity index (χ1v) is 7.12. The molecule has 3 nitrogen and oxygen atoms in total. The zero-order valence-electron chi connectivity index (χ0n) is 9.56. The molecule has 0 atom stereocenters. The van der Waals surface area contributed by atoms with Gasteiger partial charge in [0.25, 0.3) is 5.69 Å². The molecule has 0 saturated heterocycles. The van der Waals surface area contributed by atoms with Gasteiger partial charge in [-0.1, -0.05) is 30.3 Å². The maximum atomic E-state index is 11.3. The predicted molar refractivity (Wildman–Crippen MR) is 83.5 cm³/mol. The number of halogens is 2. The fraction of sp³-hybridized carbons (Fsp3) is 0. The van der Waals surface area contributed by atoms with Crippen molar-refractivity contribution in [2.45, 2.75) is 0 Å². The lowest BCUT2D eigenvalue weighted by molar-refractivity contribution is -0.383. The van der Waals surface area contributed by atoms with Gasteiger partial charge in [0.15, 0.2) is 0 Å². The van der Waals surface area contributed by atoms with Crippen LogP contribution in [0.4, 0.5) is 5.69 Å². The van der Waals surface area contributed by atoms with Crippen molar-refractivity contribution in [3.63, 3.8) is 0 Å². The van der Waals surface area contributed by atoms with E-state index in [4.69, 9.17) is 0 Å². The van der Waals surface area contributed by atoms with Crippen molar-refractivity contribution in [2.75, 3.05) is 0 Å². The highest BCUT2D eigenvalue weighted by molar-refractivity contribution is 9.13. The van der Waals surface area contributed by atoms with Crippen molar-refractivity contribution in [2.24, 2.45) is 0 Å². The molecule has 0 bridgehead atoms. The Morgan fingerprint density at radius 1 is 1.00 bits per heavy atom. The van der Waals surface area contributed by atoms with E-state index in [2.05, 4.69) is 31.9 Å². The van der Waals surface area contributed by atoms with Crippen molar-refractivity contribution < 1.29 is 4.92 Å². The zero-order chi connectivity index (χ0) is 13.6. The first-order chi connectivity index (χ1) is 9.09. The summed E-state index contributed by atoms with van der Waals surface area (Å²) in [6, 6.07) is 13.1. The van der Waals surface area contributed by atoms with Gasteiger partial charge in [0, 0.05) is 15.0 Å². The molecule has 0 aliphatic carbocycles. The van der Waals surface area contributed by atoms with Crippen LogP contribution < -0.4 is 0 Å². The van der Waals surface area contributed by atoms with Crippen LogP contribution in [0.3, 0.4) is 0 Å². The molecule has 19 heavy (non-hydrogen) atoms. The molecule has 3 aromatic carbocycles. The molecule has 0 N–H and O–H groups in total. The van der Waals surface area contributed by atoms with Crippen LogP contribution in [0.25, 0.3) is 21.5 Å². The lowest BCUT2D eigenvalue weighted by atomic mass is 10.0. The first-order valence-electron chi connectivity index (χ1n) is 5.53. The second-order valence-electron chi connectivity index (χ2n) is 4.16. The number of hydrogen-bond acceptors (Lipinski definition) is 2. The second-order valence-corrected chi connectivity index (χ2v) is 5.81. The van der Waals surface area contributed by atoms with Gasteiger partial charge < -0.3 is 0 Å². The fourth-order valence-electron chi connectivity index (χ4n) is 2.26. The van der Waals surface area contributed by atoms with Crippen molar-refractivity contribution >= 4 is 59.1 Å². The zero-order valence-corrected chi connectivity index (χ0v) is 12.7. The molecule has 0 spiro atoms. The fourth-order valence-corrected chi connectivity index (χ4v) is 3.14. The third-order valence-electron chi connectivity index (χ3n) is 3.09. The van der Waals surface area contributed by atoms with Gasteiger partial charge in [0.2, 0.25) is 0 Å². The van der Waals surface area contributed by atoms with E-state index in [0.717, 1.165) is 20.6 Å². The second kappa shape index (κ2) is 4.58. The molecule has 0 aromatic heterocycles. The molecule has 0 fully saturated rings. The van der Waals surface area contributed by atoms with Crippen LogP contribution in [0.5, 0.6) is 0 Å². The largest absolute Gasteiger partial charge is 0.279 e. The molecule has 3 aromatic rings. The van der Waals surface area contributed by atoms with E-state index in [1.807, 2.05) is 36.4 Å². The van der Waals surface area contributed by atoms with E-state index in [9.17, 15) is 10.1 Å². The third-order valence-corrected chi connectivity index (χ3v) is 5.11. The smallest absolute Gasteiger partial charge is 0.258 e. The van der Waals surface area contributed by atoms with Gasteiger partial charge in [0.05, 0.1) is 10.3 Å². The van der Waals surface area contributed by atoms with Gasteiger partial charge in [-0.15, -0.1) is 0 Å². The van der Waals surface area contributed by atoms with Crippen molar-refractivity contribution in [1.82, 2.24) is 0 Å². The Bertz CT molecular complexity index is 830. The molecule has 0 saturated carbocycles. The van der Waals surface area contributed by atoms with E-state index < -0.39 is 0 Å². The number of nitro benzene ring substituents is 1. The van der Waals surface area contributed by atoms with Crippen LogP contribution in [0.2, 0.25) is 0 Å². The van der Waals surface area contributed by atoms with Crippen molar-refractivity contribution in [3.8, 4) is 0 Å². The molecule has 3 rings (SSSR count). The van der Waals surface area contributed by atoms with Crippen molar-refractivity contribution in [1.29, 1.82) is 0 Å². The van der Waals surface area contributed by atoms with E-state index >= 15 is 0 Å². The molecule has 94 valence electrons. The number of nitro groups is 1. The summed E-state index contributed by atoms with van der Waals surface area (Å²) in [5, 5.41) is 14.7. The lowest BCUT2D eigenvalue weighted by Gasteiger charge is -2.08.